The number of hydrogen-bond acceptors (Lipinski definition) is 4. The van der Waals surface area contributed by atoms with Gasteiger partial charge < -0.3 is 5.73 Å². The Bertz CT molecular complexity index is 864. The SMILES string of the molecule is NC(=O)NC(=O)[C@H](c1ccccc1)N1CCN(Cc2ccc(C(F)(F)F)cc2)CC1. The molecule has 9 heteroatoms. The third-order valence-corrected chi connectivity index (χ3v) is 5.07. The summed E-state index contributed by atoms with van der Waals surface area (Å²) in [6.07, 6.45) is -4.35. The second kappa shape index (κ2) is 9.27. The van der Waals surface area contributed by atoms with Gasteiger partial charge in [0.2, 0.25) is 5.91 Å². The third-order valence-electron chi connectivity index (χ3n) is 5.07. The highest BCUT2D eigenvalue weighted by molar-refractivity contribution is 5.96. The summed E-state index contributed by atoms with van der Waals surface area (Å²) in [4.78, 5) is 27.8. The molecule has 2 aromatic rings. The predicted octanol–water partition coefficient (Wildman–Crippen LogP) is 2.76. The van der Waals surface area contributed by atoms with Crippen molar-refractivity contribution in [3.63, 3.8) is 0 Å². The molecule has 1 saturated heterocycles. The number of urea groups is 1. The standard InChI is InChI=1S/C21H23F3N4O2/c22-21(23,24)17-8-6-15(7-9-17)14-27-10-12-28(13-11-27)18(19(29)26-20(25)30)16-4-2-1-3-5-16/h1-9,18H,10-14H2,(H3,25,26,29,30)/t18-/m0/s1. The lowest BCUT2D eigenvalue weighted by molar-refractivity contribution is -0.137. The van der Waals surface area contributed by atoms with E-state index in [0.29, 0.717) is 32.7 Å². The van der Waals surface area contributed by atoms with Gasteiger partial charge in [0.15, 0.2) is 0 Å². The lowest BCUT2D eigenvalue weighted by atomic mass is 10.0. The fraction of sp³-hybridized carbons (Fsp3) is 0.333. The van der Waals surface area contributed by atoms with Crippen LogP contribution in [0.2, 0.25) is 0 Å². The molecular weight excluding hydrogens is 397 g/mol. The summed E-state index contributed by atoms with van der Waals surface area (Å²) in [5, 5.41) is 2.16. The number of halogens is 3. The molecule has 6 nitrogen and oxygen atoms in total. The summed E-state index contributed by atoms with van der Waals surface area (Å²) < 4.78 is 38.1. The maximum absolute atomic E-state index is 12.7. The molecule has 0 aromatic heterocycles. The lowest BCUT2D eigenvalue weighted by Crippen LogP contribution is -2.51. The minimum Gasteiger partial charge on any atom is -0.351 e. The number of amides is 3. The Balaban J connectivity index is 1.63. The highest BCUT2D eigenvalue weighted by Crippen LogP contribution is 2.29. The topological polar surface area (TPSA) is 78.7 Å². The van der Waals surface area contributed by atoms with Crippen molar-refractivity contribution >= 4 is 11.9 Å². The summed E-state index contributed by atoms with van der Waals surface area (Å²) in [6.45, 7) is 2.91. The number of alkyl halides is 3. The Kier molecular flexibility index (Phi) is 6.73. The molecule has 0 saturated carbocycles. The number of nitrogens with one attached hydrogen (secondary N) is 1. The van der Waals surface area contributed by atoms with Crippen LogP contribution < -0.4 is 11.1 Å². The number of benzene rings is 2. The molecule has 3 amide bonds. The average Bonchev–Trinajstić information content (AvgIpc) is 2.69. The van der Waals surface area contributed by atoms with E-state index in [1.807, 2.05) is 35.2 Å². The fourth-order valence-corrected chi connectivity index (χ4v) is 3.59. The number of imide groups is 1. The van der Waals surface area contributed by atoms with Crippen molar-refractivity contribution in [2.45, 2.75) is 18.8 Å². The first kappa shape index (κ1) is 21.8. The van der Waals surface area contributed by atoms with E-state index in [4.69, 9.17) is 5.73 Å². The van der Waals surface area contributed by atoms with Crippen molar-refractivity contribution in [3.8, 4) is 0 Å². The van der Waals surface area contributed by atoms with Gasteiger partial charge in [0.05, 0.1) is 5.56 Å². The van der Waals surface area contributed by atoms with Crippen LogP contribution in [-0.2, 0) is 17.5 Å². The maximum atomic E-state index is 12.7. The third kappa shape index (κ3) is 5.58. The van der Waals surface area contributed by atoms with E-state index >= 15 is 0 Å². The number of hydrogen-bond donors (Lipinski definition) is 2. The Morgan fingerprint density at radius 2 is 1.57 bits per heavy atom. The van der Waals surface area contributed by atoms with E-state index in [-0.39, 0.29) is 0 Å². The zero-order valence-corrected chi connectivity index (χ0v) is 16.2. The minimum absolute atomic E-state index is 0.482. The number of rotatable bonds is 5. The fourth-order valence-electron chi connectivity index (χ4n) is 3.59. The molecule has 1 aliphatic heterocycles. The van der Waals surface area contributed by atoms with Crippen LogP contribution in [0.25, 0.3) is 0 Å². The van der Waals surface area contributed by atoms with Crippen molar-refractivity contribution in [2.75, 3.05) is 26.2 Å². The van der Waals surface area contributed by atoms with Gasteiger partial charge in [-0.1, -0.05) is 42.5 Å². The number of nitrogens with zero attached hydrogens (tertiary/aromatic N) is 2. The van der Waals surface area contributed by atoms with Crippen molar-refractivity contribution < 1.29 is 22.8 Å². The molecule has 0 spiro atoms. The van der Waals surface area contributed by atoms with Gasteiger partial charge in [-0.2, -0.15) is 13.2 Å². The van der Waals surface area contributed by atoms with Gasteiger partial charge in [-0.3, -0.25) is 19.9 Å². The molecule has 0 bridgehead atoms. The first-order chi connectivity index (χ1) is 14.2. The molecule has 0 aliphatic carbocycles. The number of nitrogens with two attached hydrogens (primary N) is 1. The lowest BCUT2D eigenvalue weighted by Gasteiger charge is -2.38. The van der Waals surface area contributed by atoms with Gasteiger partial charge in [-0.15, -0.1) is 0 Å². The molecule has 3 rings (SSSR count). The van der Waals surface area contributed by atoms with Crippen molar-refractivity contribution in [1.82, 2.24) is 15.1 Å². The molecule has 160 valence electrons. The second-order valence-corrected chi connectivity index (χ2v) is 7.17. The number of carbonyl (C=O) groups is 2. The molecule has 0 radical (unpaired) electrons. The van der Waals surface area contributed by atoms with E-state index in [9.17, 15) is 22.8 Å². The molecule has 2 aromatic carbocycles. The normalized spacial score (nSPS) is 16.8. The monoisotopic (exact) mass is 420 g/mol. The van der Waals surface area contributed by atoms with Crippen LogP contribution in [0.3, 0.4) is 0 Å². The molecule has 1 aliphatic rings. The Labute approximate surface area is 172 Å². The summed E-state index contributed by atoms with van der Waals surface area (Å²) in [5.41, 5.74) is 6.00. The van der Waals surface area contributed by atoms with Crippen LogP contribution in [0.15, 0.2) is 54.6 Å². The van der Waals surface area contributed by atoms with Gasteiger partial charge in [-0.25, -0.2) is 4.79 Å². The van der Waals surface area contributed by atoms with Gasteiger partial charge in [0.1, 0.15) is 6.04 Å². The van der Waals surface area contributed by atoms with Crippen LogP contribution in [-0.4, -0.2) is 47.9 Å². The van der Waals surface area contributed by atoms with Gasteiger partial charge in [0.25, 0.3) is 0 Å². The quantitative estimate of drug-likeness (QED) is 0.780. The summed E-state index contributed by atoms with van der Waals surface area (Å²) >= 11 is 0. The average molecular weight is 420 g/mol. The van der Waals surface area contributed by atoms with E-state index < -0.39 is 29.7 Å². The smallest absolute Gasteiger partial charge is 0.351 e. The maximum Gasteiger partial charge on any atom is 0.416 e. The predicted molar refractivity (Wildman–Crippen MR) is 105 cm³/mol. The highest BCUT2D eigenvalue weighted by atomic mass is 19.4. The Morgan fingerprint density at radius 1 is 0.967 bits per heavy atom. The van der Waals surface area contributed by atoms with Crippen LogP contribution >= 0.6 is 0 Å². The van der Waals surface area contributed by atoms with Crippen LogP contribution in [0.5, 0.6) is 0 Å². The first-order valence-corrected chi connectivity index (χ1v) is 9.52. The van der Waals surface area contributed by atoms with Gasteiger partial charge in [-0.05, 0) is 23.3 Å². The zero-order valence-electron chi connectivity index (χ0n) is 16.2. The molecule has 0 unspecified atom stereocenters. The molecule has 3 N–H and O–H groups in total. The van der Waals surface area contributed by atoms with Gasteiger partial charge >= 0.3 is 12.2 Å². The molecular formula is C21H23F3N4O2. The van der Waals surface area contributed by atoms with Crippen molar-refractivity contribution in [1.29, 1.82) is 0 Å². The van der Waals surface area contributed by atoms with E-state index in [1.165, 1.54) is 12.1 Å². The van der Waals surface area contributed by atoms with E-state index in [1.54, 1.807) is 0 Å². The van der Waals surface area contributed by atoms with Crippen LogP contribution in [0.4, 0.5) is 18.0 Å². The first-order valence-electron chi connectivity index (χ1n) is 9.52. The Morgan fingerprint density at radius 3 is 2.10 bits per heavy atom. The molecule has 1 atom stereocenters. The molecule has 30 heavy (non-hydrogen) atoms. The van der Waals surface area contributed by atoms with Crippen molar-refractivity contribution in [2.24, 2.45) is 5.73 Å². The highest BCUT2D eigenvalue weighted by Gasteiger charge is 2.32. The van der Waals surface area contributed by atoms with E-state index in [2.05, 4.69) is 10.2 Å². The summed E-state index contributed by atoms with van der Waals surface area (Å²) in [5.74, 6) is -0.482. The number of carbonyl (C=O) groups excluding carboxylic acids is 2. The minimum atomic E-state index is -4.35. The zero-order chi connectivity index (χ0) is 21.7. The van der Waals surface area contributed by atoms with Crippen LogP contribution in [0, 0.1) is 0 Å². The van der Waals surface area contributed by atoms with Gasteiger partial charge in [0, 0.05) is 32.7 Å². The van der Waals surface area contributed by atoms with Crippen molar-refractivity contribution in [3.05, 3.63) is 71.3 Å². The Hall–Kier alpha value is -2.91. The largest absolute Gasteiger partial charge is 0.416 e. The number of primary amides is 1. The number of piperazine rings is 1. The van der Waals surface area contributed by atoms with E-state index in [0.717, 1.165) is 23.3 Å². The summed E-state index contributed by atoms with van der Waals surface area (Å²) in [6, 6.07) is 12.7. The molecule has 1 heterocycles. The molecule has 1 fully saturated rings. The second-order valence-electron chi connectivity index (χ2n) is 7.17. The summed E-state index contributed by atoms with van der Waals surface area (Å²) in [7, 11) is 0. The van der Waals surface area contributed by atoms with Crippen LogP contribution in [0.1, 0.15) is 22.7 Å².